The smallest absolute Gasteiger partial charge is 0.245 e. The molecule has 3 rings (SSSR count). The molecule has 0 bridgehead atoms. The summed E-state index contributed by atoms with van der Waals surface area (Å²) in [4.78, 5) is 4.65. The van der Waals surface area contributed by atoms with Gasteiger partial charge >= 0.3 is 0 Å². The molecule has 0 amide bonds. The Labute approximate surface area is 149 Å². The first-order valence-corrected chi connectivity index (χ1v) is 9.46. The zero-order valence-electron chi connectivity index (χ0n) is 14.0. The maximum atomic E-state index is 13.2. The van der Waals surface area contributed by atoms with Crippen LogP contribution >= 0.6 is 12.4 Å². The first-order chi connectivity index (χ1) is 10.9. The first kappa shape index (κ1) is 19.1. The molecule has 0 radical (unpaired) electrons. The van der Waals surface area contributed by atoms with E-state index in [0.29, 0.717) is 18.6 Å². The molecule has 5 nitrogen and oxygen atoms in total. The molecule has 1 saturated heterocycles. The van der Waals surface area contributed by atoms with E-state index in [9.17, 15) is 8.42 Å². The van der Waals surface area contributed by atoms with E-state index in [-0.39, 0.29) is 29.3 Å². The lowest BCUT2D eigenvalue weighted by molar-refractivity contribution is 0.192. The zero-order chi connectivity index (χ0) is 16.6. The van der Waals surface area contributed by atoms with E-state index in [0.717, 1.165) is 23.8 Å². The highest BCUT2D eigenvalue weighted by Crippen LogP contribution is 2.31. The zero-order valence-corrected chi connectivity index (χ0v) is 15.6. The molecular formula is C17H24ClN3O2S. The van der Waals surface area contributed by atoms with Crippen molar-refractivity contribution in [3.8, 4) is 0 Å². The predicted molar refractivity (Wildman–Crippen MR) is 98.9 cm³/mol. The van der Waals surface area contributed by atoms with Crippen LogP contribution in [0.4, 0.5) is 0 Å². The van der Waals surface area contributed by atoms with Gasteiger partial charge in [-0.1, -0.05) is 19.1 Å². The molecule has 132 valence electrons. The topological polar surface area (TPSA) is 76.3 Å². The molecule has 24 heavy (non-hydrogen) atoms. The number of nitrogens with zero attached hydrogens (tertiary/aromatic N) is 2. The molecular weight excluding hydrogens is 346 g/mol. The highest BCUT2D eigenvalue weighted by atomic mass is 35.5. The van der Waals surface area contributed by atoms with Crippen molar-refractivity contribution in [1.29, 1.82) is 0 Å². The number of nitrogens with two attached hydrogens (primary N) is 1. The molecule has 1 fully saturated rings. The molecule has 2 unspecified atom stereocenters. The van der Waals surface area contributed by atoms with Crippen LogP contribution in [0.5, 0.6) is 0 Å². The minimum atomic E-state index is -3.60. The van der Waals surface area contributed by atoms with Crippen molar-refractivity contribution in [2.45, 2.75) is 37.6 Å². The molecule has 1 aliphatic heterocycles. The lowest BCUT2D eigenvalue weighted by atomic mass is 9.93. The van der Waals surface area contributed by atoms with E-state index in [4.69, 9.17) is 5.73 Å². The largest absolute Gasteiger partial charge is 0.329 e. The molecule has 0 spiro atoms. The predicted octanol–water partition coefficient (Wildman–Crippen LogP) is 2.71. The second-order valence-electron chi connectivity index (χ2n) is 6.38. The molecule has 0 aliphatic carbocycles. The monoisotopic (exact) mass is 369 g/mol. The normalized spacial score (nSPS) is 22.3. The number of aryl methyl sites for hydroxylation is 1. The number of aromatic nitrogens is 1. The number of rotatable bonds is 3. The molecule has 2 aromatic rings. The number of benzene rings is 1. The molecule has 1 aromatic carbocycles. The van der Waals surface area contributed by atoms with Gasteiger partial charge in [-0.05, 0) is 43.4 Å². The van der Waals surface area contributed by atoms with Gasteiger partial charge in [0.15, 0.2) is 0 Å². The van der Waals surface area contributed by atoms with Crippen LogP contribution in [0.3, 0.4) is 0 Å². The molecule has 1 aliphatic rings. The number of fused-ring (bicyclic) bond motifs is 1. The quantitative estimate of drug-likeness (QED) is 0.902. The summed E-state index contributed by atoms with van der Waals surface area (Å²) in [5.74, 6) is 0.272. The molecule has 1 aromatic heterocycles. The fourth-order valence-electron chi connectivity index (χ4n) is 3.44. The Morgan fingerprint density at radius 1 is 1.38 bits per heavy atom. The van der Waals surface area contributed by atoms with Crippen LogP contribution in [-0.4, -0.2) is 36.8 Å². The average molecular weight is 370 g/mol. The fourth-order valence-corrected chi connectivity index (χ4v) is 5.37. The summed E-state index contributed by atoms with van der Waals surface area (Å²) in [6, 6.07) is 7.14. The van der Waals surface area contributed by atoms with Gasteiger partial charge < -0.3 is 5.73 Å². The summed E-state index contributed by atoms with van der Waals surface area (Å²) in [5.41, 5.74) is 7.42. The van der Waals surface area contributed by atoms with Crippen molar-refractivity contribution in [2.24, 2.45) is 11.7 Å². The van der Waals surface area contributed by atoms with Crippen molar-refractivity contribution in [1.82, 2.24) is 9.29 Å². The van der Waals surface area contributed by atoms with E-state index >= 15 is 0 Å². The fraction of sp³-hybridized carbons (Fsp3) is 0.471. The SMILES string of the molecule is Cc1cnc2c(S(=O)(=O)N3CCCC(C)C3CN)cccc2c1.Cl. The number of hydrogen-bond acceptors (Lipinski definition) is 4. The summed E-state index contributed by atoms with van der Waals surface area (Å²) in [5, 5.41) is 0.848. The van der Waals surface area contributed by atoms with Crippen LogP contribution in [0.1, 0.15) is 25.3 Å². The Morgan fingerprint density at radius 3 is 2.83 bits per heavy atom. The van der Waals surface area contributed by atoms with Crippen molar-refractivity contribution in [3.05, 3.63) is 36.0 Å². The highest BCUT2D eigenvalue weighted by molar-refractivity contribution is 7.89. The van der Waals surface area contributed by atoms with E-state index in [1.807, 2.05) is 19.1 Å². The average Bonchev–Trinajstić information content (AvgIpc) is 2.53. The number of pyridine rings is 1. The number of halogens is 1. The summed E-state index contributed by atoms with van der Waals surface area (Å²) in [6.07, 6.45) is 3.59. The molecule has 7 heteroatoms. The molecule has 2 atom stereocenters. The van der Waals surface area contributed by atoms with E-state index in [1.165, 1.54) is 0 Å². The van der Waals surface area contributed by atoms with Crippen LogP contribution in [0.2, 0.25) is 0 Å². The van der Waals surface area contributed by atoms with Crippen LogP contribution < -0.4 is 5.73 Å². The molecule has 2 heterocycles. The standard InChI is InChI=1S/C17H23N3O2S.ClH/c1-12-9-14-6-3-7-16(17(14)19-11-12)23(21,22)20-8-4-5-13(2)15(20)10-18;/h3,6-7,9,11,13,15H,4-5,8,10,18H2,1-2H3;1H. The second kappa shape index (κ2) is 7.35. The Balaban J connectivity index is 0.00000208. The first-order valence-electron chi connectivity index (χ1n) is 8.02. The van der Waals surface area contributed by atoms with E-state index in [1.54, 1.807) is 22.6 Å². The van der Waals surface area contributed by atoms with Crippen molar-refractivity contribution in [3.63, 3.8) is 0 Å². The van der Waals surface area contributed by atoms with Crippen molar-refractivity contribution >= 4 is 33.3 Å². The van der Waals surface area contributed by atoms with Gasteiger partial charge in [-0.15, -0.1) is 12.4 Å². The minimum absolute atomic E-state index is 0. The van der Waals surface area contributed by atoms with Gasteiger partial charge in [-0.2, -0.15) is 4.31 Å². The van der Waals surface area contributed by atoms with Crippen LogP contribution in [0.25, 0.3) is 10.9 Å². The Hall–Kier alpha value is -1.21. The summed E-state index contributed by atoms with van der Waals surface area (Å²) < 4.78 is 28.0. The summed E-state index contributed by atoms with van der Waals surface area (Å²) >= 11 is 0. The van der Waals surface area contributed by atoms with Gasteiger partial charge in [0.25, 0.3) is 0 Å². The number of sulfonamides is 1. The lowest BCUT2D eigenvalue weighted by Crippen LogP contribution is -2.51. The Kier molecular flexibility index (Phi) is 5.86. The highest BCUT2D eigenvalue weighted by Gasteiger charge is 2.37. The maximum absolute atomic E-state index is 13.2. The number of para-hydroxylation sites is 1. The molecule has 0 saturated carbocycles. The Morgan fingerprint density at radius 2 is 2.12 bits per heavy atom. The maximum Gasteiger partial charge on any atom is 0.245 e. The van der Waals surface area contributed by atoms with Crippen molar-refractivity contribution in [2.75, 3.05) is 13.1 Å². The van der Waals surface area contributed by atoms with Gasteiger partial charge in [0.2, 0.25) is 10.0 Å². The minimum Gasteiger partial charge on any atom is -0.329 e. The summed E-state index contributed by atoms with van der Waals surface area (Å²) in [7, 11) is -3.60. The van der Waals surface area contributed by atoms with Gasteiger partial charge in [0, 0.05) is 30.7 Å². The van der Waals surface area contributed by atoms with Crippen LogP contribution in [-0.2, 0) is 10.0 Å². The van der Waals surface area contributed by atoms with Gasteiger partial charge in [-0.25, -0.2) is 8.42 Å². The van der Waals surface area contributed by atoms with Crippen molar-refractivity contribution < 1.29 is 8.42 Å². The van der Waals surface area contributed by atoms with Crippen LogP contribution in [0.15, 0.2) is 35.4 Å². The second-order valence-corrected chi connectivity index (χ2v) is 8.24. The molecule has 2 N–H and O–H groups in total. The number of piperidine rings is 1. The summed E-state index contributed by atoms with van der Waals surface area (Å²) in [6.45, 7) is 4.89. The third-order valence-corrected chi connectivity index (χ3v) is 6.66. The third kappa shape index (κ3) is 3.28. The van der Waals surface area contributed by atoms with Crippen LogP contribution in [0, 0.1) is 12.8 Å². The lowest BCUT2D eigenvalue weighted by Gasteiger charge is -2.38. The van der Waals surface area contributed by atoms with Gasteiger partial charge in [0.05, 0.1) is 5.52 Å². The number of hydrogen-bond donors (Lipinski definition) is 1. The Bertz CT molecular complexity index is 826. The van der Waals surface area contributed by atoms with E-state index < -0.39 is 10.0 Å². The van der Waals surface area contributed by atoms with E-state index in [2.05, 4.69) is 11.9 Å². The third-order valence-electron chi connectivity index (χ3n) is 4.70. The van der Waals surface area contributed by atoms with Gasteiger partial charge in [0.1, 0.15) is 4.90 Å². The van der Waals surface area contributed by atoms with Gasteiger partial charge in [-0.3, -0.25) is 4.98 Å².